The van der Waals surface area contributed by atoms with E-state index in [-0.39, 0.29) is 22.7 Å². The number of rotatable bonds is 15. The molecule has 1 radical (unpaired) electrons. The van der Waals surface area contributed by atoms with Crippen molar-refractivity contribution in [2.75, 3.05) is 0 Å². The van der Waals surface area contributed by atoms with Gasteiger partial charge in [0.05, 0.1) is 16.3 Å². The topological polar surface area (TPSA) is 103 Å². The summed E-state index contributed by atoms with van der Waals surface area (Å²) in [7, 11) is 0. The third kappa shape index (κ3) is 12.7. The predicted octanol–water partition coefficient (Wildman–Crippen LogP) is 4.89. The minimum absolute atomic E-state index is 0.111. The number of allylic oxidation sites excluding steroid dienone is 5. The van der Waals surface area contributed by atoms with Gasteiger partial charge in [0.1, 0.15) is 0 Å². The van der Waals surface area contributed by atoms with Crippen molar-refractivity contribution in [3.05, 3.63) is 55.9 Å². The van der Waals surface area contributed by atoms with E-state index in [1.807, 2.05) is 0 Å². The van der Waals surface area contributed by atoms with Crippen molar-refractivity contribution in [2.24, 2.45) is 0 Å². The van der Waals surface area contributed by atoms with Gasteiger partial charge >= 0.3 is 0 Å². The Morgan fingerprint density at radius 2 is 1.68 bits per heavy atom. The lowest BCUT2D eigenvalue weighted by Crippen LogP contribution is -1.99. The van der Waals surface area contributed by atoms with Crippen LogP contribution in [-0.2, 0) is 4.79 Å². The van der Waals surface area contributed by atoms with Crippen molar-refractivity contribution in [1.82, 2.24) is 0 Å². The fraction of sp³-hybridized carbons (Fsp3) is 0.611. The van der Waals surface area contributed by atoms with Crippen LogP contribution in [0.25, 0.3) is 0 Å². The molecule has 0 fully saturated rings. The van der Waals surface area contributed by atoms with Crippen LogP contribution in [0.1, 0.15) is 71.1 Å². The van der Waals surface area contributed by atoms with E-state index < -0.39 is 4.92 Å². The summed E-state index contributed by atoms with van der Waals surface area (Å²) in [5.74, 6) is 0. The van der Waals surface area contributed by atoms with Crippen molar-refractivity contribution in [1.29, 1.82) is 0 Å². The first-order valence-corrected chi connectivity index (χ1v) is 8.69. The monoisotopic (exact) mass is 351 g/mol. The molecule has 0 aromatic rings. The molecule has 0 aromatic heterocycles. The third-order valence-corrected chi connectivity index (χ3v) is 3.60. The average Bonchev–Trinajstić information content (AvgIpc) is 2.57. The van der Waals surface area contributed by atoms with Crippen molar-refractivity contribution >= 4 is 6.29 Å². The molecule has 0 aliphatic carbocycles. The Bertz CT molecular complexity index is 510. The van der Waals surface area contributed by atoms with Crippen LogP contribution >= 0.6 is 0 Å². The minimum atomic E-state index is -0.422. The van der Waals surface area contributed by atoms with E-state index in [0.717, 1.165) is 19.3 Å². The van der Waals surface area contributed by atoms with Gasteiger partial charge in [-0.1, -0.05) is 31.9 Å². The van der Waals surface area contributed by atoms with Crippen LogP contribution in [0.15, 0.2) is 35.7 Å². The third-order valence-electron chi connectivity index (χ3n) is 3.60. The Morgan fingerprint density at radius 3 is 2.28 bits per heavy atom. The number of unbranched alkanes of at least 4 members (excludes halogenated alkanes) is 5. The fourth-order valence-corrected chi connectivity index (χ4v) is 2.17. The molecule has 0 unspecified atom stereocenters. The Morgan fingerprint density at radius 1 is 0.960 bits per heavy atom. The molecule has 0 saturated carbocycles. The maximum atomic E-state index is 11.0. The van der Waals surface area contributed by atoms with Crippen LogP contribution in [0, 0.1) is 20.2 Å². The second-order valence-corrected chi connectivity index (χ2v) is 5.66. The number of carbonyl (C=O) groups excluding carboxylic acids is 1. The average molecular weight is 351 g/mol. The van der Waals surface area contributed by atoms with Crippen LogP contribution in [0.4, 0.5) is 0 Å². The molecule has 0 spiro atoms. The van der Waals surface area contributed by atoms with E-state index in [1.54, 1.807) is 24.5 Å². The fourth-order valence-electron chi connectivity index (χ4n) is 2.17. The molecule has 0 heterocycles. The molecule has 139 valence electrons. The second-order valence-electron chi connectivity index (χ2n) is 5.66. The lowest BCUT2D eigenvalue weighted by molar-refractivity contribution is -0.428. The Balaban J connectivity index is 4.41. The quantitative estimate of drug-likeness (QED) is 0.181. The molecule has 7 nitrogen and oxygen atoms in total. The molecule has 0 saturated heterocycles. The highest BCUT2D eigenvalue weighted by molar-refractivity contribution is 5.50. The summed E-state index contributed by atoms with van der Waals surface area (Å²) in [5.41, 5.74) is 0.274. The number of nitrogens with zero attached hydrogens (tertiary/aromatic N) is 2. The highest BCUT2D eigenvalue weighted by atomic mass is 16.6. The molecule has 0 aliphatic heterocycles. The molecule has 0 N–H and O–H groups in total. The zero-order valence-corrected chi connectivity index (χ0v) is 14.8. The smallest absolute Gasteiger partial charge is 0.246 e. The van der Waals surface area contributed by atoms with Gasteiger partial charge < -0.3 is 0 Å². The maximum Gasteiger partial charge on any atom is 0.246 e. The Hall–Kier alpha value is -2.31. The largest absolute Gasteiger partial charge is 0.291 e. The summed E-state index contributed by atoms with van der Waals surface area (Å²) in [4.78, 5) is 31.2. The van der Waals surface area contributed by atoms with Gasteiger partial charge in [0.2, 0.25) is 11.4 Å². The molecule has 0 atom stereocenters. The lowest BCUT2D eigenvalue weighted by Gasteiger charge is -1.97. The van der Waals surface area contributed by atoms with Crippen molar-refractivity contribution < 1.29 is 14.6 Å². The number of nitro groups is 2. The van der Waals surface area contributed by atoms with Gasteiger partial charge in [-0.25, -0.2) is 0 Å². The normalized spacial score (nSPS) is 12.5. The first-order chi connectivity index (χ1) is 12.0. The number of hydrogen-bond acceptors (Lipinski definition) is 5. The van der Waals surface area contributed by atoms with Crippen LogP contribution < -0.4 is 0 Å². The predicted molar refractivity (Wildman–Crippen MR) is 96.8 cm³/mol. The van der Waals surface area contributed by atoms with Gasteiger partial charge in [-0.15, -0.1) is 0 Å². The summed E-state index contributed by atoms with van der Waals surface area (Å²) in [6, 6.07) is 0. The van der Waals surface area contributed by atoms with E-state index in [1.165, 1.54) is 6.08 Å². The van der Waals surface area contributed by atoms with Gasteiger partial charge in [-0.2, -0.15) is 0 Å². The molecular formula is C18H27N2O5. The van der Waals surface area contributed by atoms with Gasteiger partial charge in [-0.3, -0.25) is 25.0 Å². The number of hydrogen-bond donors (Lipinski definition) is 0. The molecule has 25 heavy (non-hydrogen) atoms. The first kappa shape index (κ1) is 22.7. The van der Waals surface area contributed by atoms with Crippen LogP contribution in [-0.4, -0.2) is 16.1 Å². The molecule has 7 heteroatoms. The molecule has 0 aliphatic rings. The zero-order valence-electron chi connectivity index (χ0n) is 14.8. The highest BCUT2D eigenvalue weighted by Crippen LogP contribution is 2.12. The Labute approximate surface area is 148 Å². The first-order valence-electron chi connectivity index (χ1n) is 8.69. The maximum absolute atomic E-state index is 11.0. The van der Waals surface area contributed by atoms with Crippen LogP contribution in [0.2, 0.25) is 0 Å². The Kier molecular flexibility index (Phi) is 13.8. The SMILES string of the molecule is CCCCC/C=C(/C/C=C/C/C=C(/CCCC[C]=O)[N+](=O)[O-])[N+](=O)[O-]. The summed E-state index contributed by atoms with van der Waals surface area (Å²) in [6.45, 7) is 2.08. The van der Waals surface area contributed by atoms with E-state index in [2.05, 4.69) is 6.92 Å². The summed E-state index contributed by atoms with van der Waals surface area (Å²) >= 11 is 0. The standard InChI is InChI=1S/C18H27N2O5/c1-2-3-4-7-12-17(19(22)23)13-8-5-9-14-18(20(24)25)15-10-6-11-16-21/h5,8,12,14H,2-4,6-7,9-11,13,15H2,1H3/b8-5+,17-12-,18-14-. The van der Waals surface area contributed by atoms with Gasteiger partial charge in [-0.05, 0) is 44.3 Å². The molecule has 0 aromatic carbocycles. The lowest BCUT2D eigenvalue weighted by atomic mass is 10.1. The van der Waals surface area contributed by atoms with Crippen molar-refractivity contribution in [3.8, 4) is 0 Å². The van der Waals surface area contributed by atoms with Crippen LogP contribution in [0.5, 0.6) is 0 Å². The molecule has 0 bridgehead atoms. The second kappa shape index (κ2) is 15.2. The van der Waals surface area contributed by atoms with E-state index in [4.69, 9.17) is 0 Å². The van der Waals surface area contributed by atoms with Gasteiger partial charge in [0, 0.05) is 12.8 Å². The van der Waals surface area contributed by atoms with Gasteiger partial charge in [0.15, 0.2) is 6.29 Å². The highest BCUT2D eigenvalue weighted by Gasteiger charge is 2.09. The summed E-state index contributed by atoms with van der Waals surface area (Å²) in [6.07, 6.45) is 14.4. The molecular weight excluding hydrogens is 324 g/mol. The van der Waals surface area contributed by atoms with Crippen molar-refractivity contribution in [2.45, 2.75) is 71.1 Å². The van der Waals surface area contributed by atoms with E-state index in [9.17, 15) is 25.0 Å². The zero-order chi connectivity index (χ0) is 18.9. The van der Waals surface area contributed by atoms with Gasteiger partial charge in [0.25, 0.3) is 0 Å². The van der Waals surface area contributed by atoms with E-state index >= 15 is 0 Å². The molecule has 0 rings (SSSR count). The van der Waals surface area contributed by atoms with Crippen LogP contribution in [0.3, 0.4) is 0 Å². The minimum Gasteiger partial charge on any atom is -0.291 e. The summed E-state index contributed by atoms with van der Waals surface area (Å²) in [5, 5.41) is 21.9. The molecule has 0 amide bonds. The van der Waals surface area contributed by atoms with E-state index in [0.29, 0.717) is 38.5 Å². The van der Waals surface area contributed by atoms with Crippen molar-refractivity contribution in [3.63, 3.8) is 0 Å². The summed E-state index contributed by atoms with van der Waals surface area (Å²) < 4.78 is 0.